The van der Waals surface area contributed by atoms with Crippen molar-refractivity contribution in [2.24, 2.45) is 5.92 Å². The Balaban J connectivity index is 2.10. The molecule has 126 valence electrons. The van der Waals surface area contributed by atoms with Crippen LogP contribution in [0, 0.1) is 5.92 Å². The van der Waals surface area contributed by atoms with Gasteiger partial charge in [0.25, 0.3) is 5.91 Å². The average molecular weight is 318 g/mol. The minimum atomic E-state index is -0.228. The Hall–Kier alpha value is -1.88. The number of hydrogen-bond acceptors (Lipinski definition) is 3. The Morgan fingerprint density at radius 3 is 2.70 bits per heavy atom. The number of benzene rings is 1. The van der Waals surface area contributed by atoms with Crippen molar-refractivity contribution in [2.45, 2.75) is 46.1 Å². The molecule has 2 amide bonds. The molecule has 1 heterocycles. The van der Waals surface area contributed by atoms with Crippen LogP contribution in [0.5, 0.6) is 0 Å². The summed E-state index contributed by atoms with van der Waals surface area (Å²) in [5, 5.41) is 12.3. The van der Waals surface area contributed by atoms with Crippen molar-refractivity contribution in [1.82, 2.24) is 5.32 Å². The van der Waals surface area contributed by atoms with E-state index in [1.807, 2.05) is 19.1 Å². The minimum Gasteiger partial charge on any atom is -0.394 e. The number of aliphatic hydroxyl groups is 1. The number of rotatable bonds is 6. The molecule has 1 aliphatic heterocycles. The van der Waals surface area contributed by atoms with Gasteiger partial charge in [0.2, 0.25) is 5.91 Å². The molecular formula is C18H26N2O3. The third-order valence-corrected chi connectivity index (χ3v) is 4.15. The highest BCUT2D eigenvalue weighted by Crippen LogP contribution is 2.29. The number of fused-ring (bicyclic) bond motifs is 1. The van der Waals surface area contributed by atoms with Crippen molar-refractivity contribution in [2.75, 3.05) is 18.1 Å². The second-order valence-electron chi connectivity index (χ2n) is 6.47. The van der Waals surface area contributed by atoms with E-state index in [-0.39, 0.29) is 24.5 Å². The van der Waals surface area contributed by atoms with Crippen LogP contribution in [0.3, 0.4) is 0 Å². The maximum atomic E-state index is 12.4. The Morgan fingerprint density at radius 1 is 1.35 bits per heavy atom. The maximum Gasteiger partial charge on any atom is 0.251 e. The van der Waals surface area contributed by atoms with Crippen LogP contribution in [-0.2, 0) is 11.2 Å². The molecule has 5 nitrogen and oxygen atoms in total. The predicted octanol–water partition coefficient (Wildman–Crippen LogP) is 2.12. The van der Waals surface area contributed by atoms with Gasteiger partial charge in [0, 0.05) is 24.2 Å². The van der Waals surface area contributed by atoms with E-state index >= 15 is 0 Å². The van der Waals surface area contributed by atoms with E-state index in [4.69, 9.17) is 0 Å². The van der Waals surface area contributed by atoms with Gasteiger partial charge < -0.3 is 15.3 Å². The summed E-state index contributed by atoms with van der Waals surface area (Å²) in [4.78, 5) is 26.0. The quantitative estimate of drug-likeness (QED) is 0.844. The van der Waals surface area contributed by atoms with Gasteiger partial charge >= 0.3 is 0 Å². The first-order valence-electron chi connectivity index (χ1n) is 8.31. The van der Waals surface area contributed by atoms with Gasteiger partial charge in [-0.1, -0.05) is 20.8 Å². The number of nitrogens with zero attached hydrogens (tertiary/aromatic N) is 1. The van der Waals surface area contributed by atoms with Crippen LogP contribution < -0.4 is 10.2 Å². The number of carbonyl (C=O) groups is 2. The molecule has 0 fully saturated rings. The number of anilines is 1. The molecule has 1 aromatic carbocycles. The van der Waals surface area contributed by atoms with Gasteiger partial charge in [-0.2, -0.15) is 0 Å². The van der Waals surface area contributed by atoms with Crippen molar-refractivity contribution in [3.05, 3.63) is 29.3 Å². The molecular weight excluding hydrogens is 292 g/mol. The first kappa shape index (κ1) is 17.5. The summed E-state index contributed by atoms with van der Waals surface area (Å²) in [7, 11) is 0. The summed E-state index contributed by atoms with van der Waals surface area (Å²) in [6.45, 7) is 6.59. The Kier molecular flexibility index (Phi) is 5.77. The highest BCUT2D eigenvalue weighted by Gasteiger charge is 2.24. The van der Waals surface area contributed by atoms with Gasteiger partial charge in [0.05, 0.1) is 12.6 Å². The van der Waals surface area contributed by atoms with Gasteiger partial charge in [-0.15, -0.1) is 0 Å². The molecule has 2 N–H and O–H groups in total. The lowest BCUT2D eigenvalue weighted by Gasteiger charge is -2.19. The van der Waals surface area contributed by atoms with Crippen LogP contribution >= 0.6 is 0 Å². The molecule has 0 spiro atoms. The summed E-state index contributed by atoms with van der Waals surface area (Å²) >= 11 is 0. The average Bonchev–Trinajstić information content (AvgIpc) is 2.95. The fourth-order valence-electron chi connectivity index (χ4n) is 3.01. The molecule has 1 atom stereocenters. The number of amides is 2. The second-order valence-corrected chi connectivity index (χ2v) is 6.47. The van der Waals surface area contributed by atoms with Gasteiger partial charge in [0.15, 0.2) is 0 Å². The first-order valence-corrected chi connectivity index (χ1v) is 8.31. The molecule has 5 heteroatoms. The number of nitrogens with one attached hydrogen (secondary N) is 1. The van der Waals surface area contributed by atoms with Crippen molar-refractivity contribution in [3.63, 3.8) is 0 Å². The third kappa shape index (κ3) is 4.10. The highest BCUT2D eigenvalue weighted by molar-refractivity contribution is 5.98. The van der Waals surface area contributed by atoms with Crippen molar-refractivity contribution < 1.29 is 14.7 Å². The third-order valence-electron chi connectivity index (χ3n) is 4.15. The van der Waals surface area contributed by atoms with E-state index in [1.165, 1.54) is 0 Å². The summed E-state index contributed by atoms with van der Waals surface area (Å²) in [5.41, 5.74) is 2.52. The molecule has 0 aliphatic carbocycles. The van der Waals surface area contributed by atoms with Crippen molar-refractivity contribution in [1.29, 1.82) is 0 Å². The van der Waals surface area contributed by atoms with Crippen LogP contribution in [-0.4, -0.2) is 36.1 Å². The summed E-state index contributed by atoms with van der Waals surface area (Å²) in [5.74, 6) is 0.340. The fourth-order valence-corrected chi connectivity index (χ4v) is 3.01. The van der Waals surface area contributed by atoms with E-state index in [2.05, 4.69) is 19.2 Å². The molecule has 1 unspecified atom stereocenters. The Morgan fingerprint density at radius 2 is 2.09 bits per heavy atom. The van der Waals surface area contributed by atoms with Gasteiger partial charge in [-0.25, -0.2) is 0 Å². The van der Waals surface area contributed by atoms with Gasteiger partial charge in [0.1, 0.15) is 0 Å². The summed E-state index contributed by atoms with van der Waals surface area (Å²) in [6.07, 6.45) is 2.00. The predicted molar refractivity (Wildman–Crippen MR) is 90.6 cm³/mol. The van der Waals surface area contributed by atoms with E-state index in [0.717, 1.165) is 24.1 Å². The molecule has 0 saturated heterocycles. The topological polar surface area (TPSA) is 69.6 Å². The lowest BCUT2D eigenvalue weighted by atomic mass is 10.0. The molecule has 1 aliphatic rings. The zero-order valence-electron chi connectivity index (χ0n) is 14.1. The first-order chi connectivity index (χ1) is 11.0. The molecule has 0 radical (unpaired) electrons. The molecule has 1 aromatic rings. The van der Waals surface area contributed by atoms with Gasteiger partial charge in [-0.3, -0.25) is 9.59 Å². The standard InChI is InChI=1S/C18H26N2O3/c1-4-17(22)20-8-7-13-10-14(5-6-16(13)20)18(23)19-15(11-21)9-12(2)3/h5-6,10,12,15,21H,4,7-9,11H2,1-3H3,(H,19,23). The Labute approximate surface area is 137 Å². The summed E-state index contributed by atoms with van der Waals surface area (Å²) in [6, 6.07) is 5.23. The fraction of sp³-hybridized carbons (Fsp3) is 0.556. The van der Waals surface area contributed by atoms with E-state index < -0.39 is 0 Å². The van der Waals surface area contributed by atoms with Crippen LogP contribution in [0.2, 0.25) is 0 Å². The van der Waals surface area contributed by atoms with Crippen LogP contribution in [0.15, 0.2) is 18.2 Å². The zero-order chi connectivity index (χ0) is 17.0. The molecule has 0 aromatic heterocycles. The summed E-state index contributed by atoms with van der Waals surface area (Å²) < 4.78 is 0. The highest BCUT2D eigenvalue weighted by atomic mass is 16.3. The van der Waals surface area contributed by atoms with Crippen LogP contribution in [0.25, 0.3) is 0 Å². The second kappa shape index (κ2) is 7.59. The number of aliphatic hydroxyl groups excluding tert-OH is 1. The molecule has 23 heavy (non-hydrogen) atoms. The SMILES string of the molecule is CCC(=O)N1CCc2cc(C(=O)NC(CO)CC(C)C)ccc21. The van der Waals surface area contributed by atoms with E-state index in [9.17, 15) is 14.7 Å². The Bertz CT molecular complexity index is 584. The van der Waals surface area contributed by atoms with Crippen LogP contribution in [0.1, 0.15) is 49.5 Å². The van der Waals surface area contributed by atoms with Crippen molar-refractivity contribution >= 4 is 17.5 Å². The minimum absolute atomic E-state index is 0.0619. The van der Waals surface area contributed by atoms with Gasteiger partial charge in [-0.05, 0) is 42.5 Å². The maximum absolute atomic E-state index is 12.4. The van der Waals surface area contributed by atoms with E-state index in [1.54, 1.807) is 11.0 Å². The lowest BCUT2D eigenvalue weighted by Crippen LogP contribution is -2.38. The van der Waals surface area contributed by atoms with Crippen molar-refractivity contribution in [3.8, 4) is 0 Å². The number of carbonyl (C=O) groups excluding carboxylic acids is 2. The molecule has 2 rings (SSSR count). The number of hydrogen-bond donors (Lipinski definition) is 2. The van der Waals surface area contributed by atoms with Crippen LogP contribution in [0.4, 0.5) is 5.69 Å². The normalized spacial score (nSPS) is 14.7. The molecule has 0 bridgehead atoms. The monoisotopic (exact) mass is 318 g/mol. The largest absolute Gasteiger partial charge is 0.394 e. The van der Waals surface area contributed by atoms with E-state index in [0.29, 0.717) is 24.4 Å². The molecule has 0 saturated carbocycles. The lowest BCUT2D eigenvalue weighted by molar-refractivity contribution is -0.118. The smallest absolute Gasteiger partial charge is 0.251 e. The zero-order valence-corrected chi connectivity index (χ0v) is 14.1.